The third kappa shape index (κ3) is 7.74. The van der Waals surface area contributed by atoms with Crippen LogP contribution in [0.3, 0.4) is 0 Å². The predicted octanol–water partition coefficient (Wildman–Crippen LogP) is -1.40. The fourth-order valence-corrected chi connectivity index (χ4v) is 9.04. The number of fused-ring (bicyclic) bond motifs is 1. The lowest BCUT2D eigenvalue weighted by atomic mass is 9.79. The van der Waals surface area contributed by atoms with Gasteiger partial charge in [0.15, 0.2) is 0 Å². The van der Waals surface area contributed by atoms with Crippen LogP contribution in [-0.4, -0.2) is 131 Å². The molecule has 3 saturated heterocycles. The lowest BCUT2D eigenvalue weighted by Crippen LogP contribution is -3.00. The highest BCUT2D eigenvalue weighted by molar-refractivity contribution is 8.03. The second-order valence-corrected chi connectivity index (χ2v) is 14.1. The van der Waals surface area contributed by atoms with Crippen molar-refractivity contribution in [3.63, 3.8) is 0 Å². The Morgan fingerprint density at radius 2 is 1.86 bits per heavy atom. The van der Waals surface area contributed by atoms with Gasteiger partial charge in [0.05, 0.1) is 51.3 Å². The molecule has 43 heavy (non-hydrogen) atoms. The van der Waals surface area contributed by atoms with Gasteiger partial charge in [-0.15, -0.1) is 11.8 Å². The zero-order valence-corrected chi connectivity index (χ0v) is 28.8. The minimum absolute atomic E-state index is 0. The number of aliphatic hydroxyl groups is 1. The van der Waals surface area contributed by atoms with Crippen LogP contribution in [0.15, 0.2) is 35.9 Å². The average molecular weight is 751 g/mol. The number of amides is 3. The lowest BCUT2D eigenvalue weighted by Gasteiger charge is -2.46. The maximum absolute atomic E-state index is 13.4. The van der Waals surface area contributed by atoms with Gasteiger partial charge in [-0.1, -0.05) is 32.2 Å². The zero-order valence-electron chi connectivity index (χ0n) is 25.0. The number of aliphatic hydroxyl groups excluding tert-OH is 1. The molecule has 0 saturated carbocycles. The van der Waals surface area contributed by atoms with E-state index in [1.807, 2.05) is 18.7 Å². The van der Waals surface area contributed by atoms with E-state index in [0.717, 1.165) is 35.6 Å². The van der Waals surface area contributed by atoms with Crippen molar-refractivity contribution in [3.05, 3.63) is 35.9 Å². The normalized spacial score (nSPS) is 28.3. The molecule has 4 rings (SSSR count). The van der Waals surface area contributed by atoms with Crippen molar-refractivity contribution in [2.24, 2.45) is 11.8 Å². The Hall–Kier alpha value is -1.75. The Labute approximate surface area is 279 Å². The van der Waals surface area contributed by atoms with E-state index in [1.54, 1.807) is 6.92 Å². The summed E-state index contributed by atoms with van der Waals surface area (Å²) in [6.07, 6.45) is 1.82. The summed E-state index contributed by atoms with van der Waals surface area (Å²) >= 11 is 3.34. The molecule has 0 aromatic heterocycles. The van der Waals surface area contributed by atoms with E-state index in [0.29, 0.717) is 17.9 Å². The van der Waals surface area contributed by atoms with Gasteiger partial charge >= 0.3 is 12.1 Å². The van der Waals surface area contributed by atoms with Crippen molar-refractivity contribution >= 4 is 47.4 Å². The number of hydrogen-bond donors (Lipinski definition) is 2. The second-order valence-electron chi connectivity index (χ2n) is 11.6. The number of hydrogen-bond acceptors (Lipinski definition) is 9. The first-order chi connectivity index (χ1) is 20.0. The molecule has 2 unspecified atom stereocenters. The first kappa shape index (κ1) is 35.7. The molecule has 0 aromatic carbocycles. The number of likely N-dealkylation sites (tertiary alicyclic amines) is 1. The molecule has 240 valence electrons. The number of likely N-dealkylation sites (N-methyl/N-ethyl adjacent to an activating group) is 1. The van der Waals surface area contributed by atoms with Gasteiger partial charge in [-0.25, -0.2) is 9.59 Å². The summed E-state index contributed by atoms with van der Waals surface area (Å²) in [6, 6.07) is -1.10. The number of ether oxygens (including phenoxy) is 2. The fourth-order valence-electron chi connectivity index (χ4n) is 6.17. The molecule has 6 atom stereocenters. The minimum atomic E-state index is -0.862. The smallest absolute Gasteiger partial charge is 0.410 e. The maximum atomic E-state index is 13.4. The number of esters is 1. The Morgan fingerprint density at radius 3 is 2.49 bits per heavy atom. The number of nitrogens with zero attached hydrogens (tertiary/aromatic N) is 3. The number of rotatable bonds is 12. The molecule has 4 aliphatic rings. The van der Waals surface area contributed by atoms with Gasteiger partial charge in [-0.2, -0.15) is 11.8 Å². The number of thioether (sulfide) groups is 2. The van der Waals surface area contributed by atoms with Crippen LogP contribution in [0.4, 0.5) is 4.79 Å². The van der Waals surface area contributed by atoms with Crippen molar-refractivity contribution in [2.45, 2.75) is 43.7 Å². The molecule has 0 radical (unpaired) electrons. The SMILES string of the molecule is C=CCOC(=O)C1=C(S[C@H]2C[C@@H](C(=O)NCC[N+]3(C)CCSCC3)N(C(=O)OCC=C)C2)[C@H](C)C2C([C@@H](C)O)C(=O)N12.[I-]. The van der Waals surface area contributed by atoms with Crippen LogP contribution in [0.5, 0.6) is 0 Å². The third-order valence-electron chi connectivity index (χ3n) is 8.55. The van der Waals surface area contributed by atoms with Crippen molar-refractivity contribution in [2.75, 3.05) is 64.5 Å². The van der Waals surface area contributed by atoms with Crippen molar-refractivity contribution in [1.29, 1.82) is 0 Å². The topological polar surface area (TPSA) is 125 Å². The zero-order chi connectivity index (χ0) is 30.6. The highest BCUT2D eigenvalue weighted by atomic mass is 127. The first-order valence-electron chi connectivity index (χ1n) is 14.5. The summed E-state index contributed by atoms with van der Waals surface area (Å²) in [6.45, 7) is 14.4. The van der Waals surface area contributed by atoms with Gasteiger partial charge in [-0.3, -0.25) is 14.5 Å². The molecule has 11 nitrogen and oxygen atoms in total. The van der Waals surface area contributed by atoms with Crippen LogP contribution in [0, 0.1) is 11.8 Å². The van der Waals surface area contributed by atoms with Crippen LogP contribution in [0.2, 0.25) is 0 Å². The lowest BCUT2D eigenvalue weighted by molar-refractivity contribution is -0.904. The molecule has 3 amide bonds. The van der Waals surface area contributed by atoms with E-state index in [4.69, 9.17) is 9.47 Å². The van der Waals surface area contributed by atoms with Gasteiger partial charge < -0.3 is 53.3 Å². The number of halogens is 1. The maximum Gasteiger partial charge on any atom is 0.410 e. The van der Waals surface area contributed by atoms with Gasteiger partial charge in [0.1, 0.15) is 25.0 Å². The minimum Gasteiger partial charge on any atom is -1.00 e. The molecule has 3 fully saturated rings. The number of nitrogens with one attached hydrogen (secondary N) is 1. The second kappa shape index (κ2) is 15.5. The summed E-state index contributed by atoms with van der Waals surface area (Å²) < 4.78 is 11.6. The quantitative estimate of drug-likeness (QED) is 0.0816. The monoisotopic (exact) mass is 750 g/mol. The number of β-lactam (4-membered cyclic amide) rings is 1. The standard InChI is InChI=1S/C29H42N4O7S2.HI/c1-6-12-39-28(37)24-25(18(3)23-22(19(4)34)27(36)32(23)24)42-20-16-21(31(17-20)29(38)40-13-7-2)26(35)30-8-9-33(5)10-14-41-15-11-33;/h6-7,18-23,34H,1-2,8-17H2,3-5H3;1H/t18-,19-,20+,21+,22?,23?;/m1./s1. The first-order valence-corrected chi connectivity index (χ1v) is 16.5. The summed E-state index contributed by atoms with van der Waals surface area (Å²) in [5, 5.41) is 13.1. The molecule has 14 heteroatoms. The van der Waals surface area contributed by atoms with Crippen molar-refractivity contribution < 1.29 is 62.2 Å². The van der Waals surface area contributed by atoms with E-state index >= 15 is 0 Å². The molecule has 4 aliphatic heterocycles. The molecular formula is C29H43IN4O7S2. The summed E-state index contributed by atoms with van der Waals surface area (Å²) in [5.41, 5.74) is 0.173. The Kier molecular flexibility index (Phi) is 12.9. The molecule has 0 spiro atoms. The molecule has 2 N–H and O–H groups in total. The highest BCUT2D eigenvalue weighted by Crippen LogP contribution is 2.52. The largest absolute Gasteiger partial charge is 1.00 e. The van der Waals surface area contributed by atoms with Gasteiger partial charge in [0.2, 0.25) is 11.8 Å². The van der Waals surface area contributed by atoms with Crippen molar-refractivity contribution in [1.82, 2.24) is 15.1 Å². The van der Waals surface area contributed by atoms with Gasteiger partial charge in [-0.05, 0) is 13.3 Å². The number of quaternary nitrogens is 1. The molecule has 0 bridgehead atoms. The molecule has 0 aromatic rings. The number of carbonyl (C=O) groups is 4. The number of carbonyl (C=O) groups excluding carboxylic acids is 4. The molecule has 0 aliphatic carbocycles. The fraction of sp³-hybridized carbons (Fsp3) is 0.655. The third-order valence-corrected chi connectivity index (χ3v) is 11.0. The predicted molar refractivity (Wildman–Crippen MR) is 162 cm³/mol. The van der Waals surface area contributed by atoms with E-state index < -0.39 is 30.1 Å². The van der Waals surface area contributed by atoms with E-state index in [2.05, 4.69) is 25.5 Å². The van der Waals surface area contributed by atoms with Crippen LogP contribution in [-0.2, 0) is 23.9 Å². The Morgan fingerprint density at radius 1 is 1.21 bits per heavy atom. The summed E-state index contributed by atoms with van der Waals surface area (Å²) in [7, 11) is 2.21. The van der Waals surface area contributed by atoms with Gasteiger partial charge in [0, 0.05) is 34.1 Å². The van der Waals surface area contributed by atoms with Crippen LogP contribution < -0.4 is 29.3 Å². The summed E-state index contributed by atoms with van der Waals surface area (Å²) in [5.74, 6) is 0.174. The van der Waals surface area contributed by atoms with E-state index in [9.17, 15) is 24.3 Å². The van der Waals surface area contributed by atoms with Crippen molar-refractivity contribution in [3.8, 4) is 0 Å². The van der Waals surface area contributed by atoms with E-state index in [1.165, 1.54) is 33.7 Å². The van der Waals surface area contributed by atoms with Crippen LogP contribution >= 0.6 is 23.5 Å². The Balaban J connectivity index is 0.00000506. The highest BCUT2D eigenvalue weighted by Gasteiger charge is 2.60. The molecular weight excluding hydrogens is 707 g/mol. The van der Waals surface area contributed by atoms with E-state index in [-0.39, 0.29) is 78.5 Å². The van der Waals surface area contributed by atoms with Crippen LogP contribution in [0.25, 0.3) is 0 Å². The molecule has 4 heterocycles. The van der Waals surface area contributed by atoms with Gasteiger partial charge in [0.25, 0.3) is 0 Å². The Bertz CT molecular complexity index is 1130. The average Bonchev–Trinajstić information content (AvgIpc) is 3.48. The summed E-state index contributed by atoms with van der Waals surface area (Å²) in [4.78, 5) is 56.1. The van der Waals surface area contributed by atoms with Crippen LogP contribution in [0.1, 0.15) is 20.3 Å².